The van der Waals surface area contributed by atoms with Crippen molar-refractivity contribution in [2.75, 3.05) is 13.2 Å². The predicted octanol–water partition coefficient (Wildman–Crippen LogP) is 4.48. The van der Waals surface area contributed by atoms with Crippen molar-refractivity contribution >= 4 is 33.9 Å². The molecule has 1 aliphatic rings. The summed E-state index contributed by atoms with van der Waals surface area (Å²) in [6, 6.07) is 9.16. The highest BCUT2D eigenvalue weighted by atomic mass is 79.9. The first-order valence-electron chi connectivity index (χ1n) is 9.11. The zero-order valence-corrected chi connectivity index (χ0v) is 17.6. The van der Waals surface area contributed by atoms with Gasteiger partial charge in [0.15, 0.2) is 11.5 Å². The highest BCUT2D eigenvalue weighted by Crippen LogP contribution is 2.35. The number of imide groups is 1. The van der Waals surface area contributed by atoms with Crippen molar-refractivity contribution in [3.05, 3.63) is 63.5 Å². The van der Waals surface area contributed by atoms with E-state index in [0.29, 0.717) is 40.3 Å². The number of benzene rings is 2. The summed E-state index contributed by atoms with van der Waals surface area (Å²) in [5.41, 5.74) is 1.52. The van der Waals surface area contributed by atoms with E-state index in [-0.39, 0.29) is 24.0 Å². The molecule has 0 atom stereocenters. The van der Waals surface area contributed by atoms with E-state index in [4.69, 9.17) is 9.47 Å². The van der Waals surface area contributed by atoms with Gasteiger partial charge in [0.05, 0.1) is 6.61 Å². The number of likely N-dealkylation sites (N-methyl/N-ethyl adjacent to an activating group) is 1. The molecule has 2 aromatic rings. The smallest absolute Gasteiger partial charge is 0.328 e. The molecule has 152 valence electrons. The fourth-order valence-corrected chi connectivity index (χ4v) is 3.28. The van der Waals surface area contributed by atoms with Gasteiger partial charge in [-0.15, -0.1) is 0 Å². The molecule has 8 heteroatoms. The maximum Gasteiger partial charge on any atom is 0.328 e. The van der Waals surface area contributed by atoms with Gasteiger partial charge in [0.2, 0.25) is 0 Å². The monoisotopic (exact) mass is 462 g/mol. The van der Waals surface area contributed by atoms with Crippen molar-refractivity contribution in [3.8, 4) is 11.5 Å². The molecule has 0 bridgehead atoms. The first-order valence-corrected chi connectivity index (χ1v) is 9.90. The quantitative estimate of drug-likeness (QED) is 0.486. The van der Waals surface area contributed by atoms with Crippen LogP contribution in [0.2, 0.25) is 0 Å². The molecule has 1 fully saturated rings. The van der Waals surface area contributed by atoms with E-state index < -0.39 is 6.03 Å². The van der Waals surface area contributed by atoms with Crippen LogP contribution in [-0.2, 0) is 11.4 Å². The van der Waals surface area contributed by atoms with Gasteiger partial charge in [-0.3, -0.25) is 9.69 Å². The van der Waals surface area contributed by atoms with Gasteiger partial charge in [-0.25, -0.2) is 9.18 Å². The van der Waals surface area contributed by atoms with Crippen LogP contribution < -0.4 is 14.8 Å². The Bertz CT molecular complexity index is 977. The maximum absolute atomic E-state index is 13.4. The van der Waals surface area contributed by atoms with Crippen molar-refractivity contribution in [1.82, 2.24) is 10.2 Å². The molecule has 3 amide bonds. The van der Waals surface area contributed by atoms with Crippen LogP contribution in [0.5, 0.6) is 11.5 Å². The van der Waals surface area contributed by atoms with Crippen LogP contribution in [0.1, 0.15) is 25.0 Å². The Kier molecular flexibility index (Phi) is 6.53. The van der Waals surface area contributed by atoms with Crippen LogP contribution in [-0.4, -0.2) is 30.0 Å². The van der Waals surface area contributed by atoms with Gasteiger partial charge in [-0.05, 0) is 55.3 Å². The lowest BCUT2D eigenvalue weighted by Gasteiger charge is -2.14. The minimum atomic E-state index is -0.444. The molecule has 29 heavy (non-hydrogen) atoms. The van der Waals surface area contributed by atoms with E-state index in [9.17, 15) is 14.0 Å². The number of urea groups is 1. The largest absolute Gasteiger partial charge is 0.490 e. The fourth-order valence-electron chi connectivity index (χ4n) is 2.84. The lowest BCUT2D eigenvalue weighted by atomic mass is 10.1. The first kappa shape index (κ1) is 20.9. The number of carbonyl (C=O) groups excluding carboxylic acids is 2. The Hall–Kier alpha value is -2.87. The number of hydrogen-bond acceptors (Lipinski definition) is 4. The Morgan fingerprint density at radius 2 is 1.90 bits per heavy atom. The van der Waals surface area contributed by atoms with Gasteiger partial charge in [0, 0.05) is 11.0 Å². The van der Waals surface area contributed by atoms with Crippen LogP contribution in [0.25, 0.3) is 6.08 Å². The van der Waals surface area contributed by atoms with Crippen molar-refractivity contribution in [3.63, 3.8) is 0 Å². The number of hydrogen-bond donors (Lipinski definition) is 1. The molecule has 1 N–H and O–H groups in total. The molecule has 0 saturated carbocycles. The Balaban J connectivity index is 1.87. The lowest BCUT2D eigenvalue weighted by Crippen LogP contribution is -2.30. The van der Waals surface area contributed by atoms with Crippen LogP contribution in [0.4, 0.5) is 9.18 Å². The van der Waals surface area contributed by atoms with E-state index in [2.05, 4.69) is 21.2 Å². The molecule has 0 unspecified atom stereocenters. The Morgan fingerprint density at radius 3 is 2.55 bits per heavy atom. The number of nitrogens with one attached hydrogen (secondary N) is 1. The summed E-state index contributed by atoms with van der Waals surface area (Å²) in [6.07, 6.45) is 1.58. The molecule has 0 spiro atoms. The van der Waals surface area contributed by atoms with Crippen molar-refractivity contribution < 1.29 is 23.5 Å². The number of nitrogens with zero attached hydrogens (tertiary/aromatic N) is 1. The van der Waals surface area contributed by atoms with Crippen molar-refractivity contribution in [2.45, 2.75) is 20.5 Å². The number of ether oxygens (including phenoxy) is 2. The van der Waals surface area contributed by atoms with E-state index in [1.165, 1.54) is 12.1 Å². The summed E-state index contributed by atoms with van der Waals surface area (Å²) in [4.78, 5) is 25.3. The normalized spacial score (nSPS) is 15.0. The third-order valence-corrected chi connectivity index (χ3v) is 4.91. The van der Waals surface area contributed by atoms with Gasteiger partial charge >= 0.3 is 6.03 Å². The average molecular weight is 463 g/mol. The van der Waals surface area contributed by atoms with Crippen LogP contribution in [0.15, 0.2) is 46.6 Å². The van der Waals surface area contributed by atoms with Crippen LogP contribution in [0, 0.1) is 5.82 Å². The van der Waals surface area contributed by atoms with E-state index >= 15 is 0 Å². The number of carbonyl (C=O) groups is 2. The van der Waals surface area contributed by atoms with Crippen molar-refractivity contribution in [2.24, 2.45) is 0 Å². The van der Waals surface area contributed by atoms with Gasteiger partial charge in [-0.2, -0.15) is 0 Å². The molecule has 0 aromatic heterocycles. The summed E-state index contributed by atoms with van der Waals surface area (Å²) in [7, 11) is 0. The van der Waals surface area contributed by atoms with E-state index in [0.717, 1.165) is 4.90 Å². The van der Waals surface area contributed by atoms with E-state index in [1.54, 1.807) is 37.3 Å². The Morgan fingerprint density at radius 1 is 1.14 bits per heavy atom. The van der Waals surface area contributed by atoms with Gasteiger partial charge < -0.3 is 14.8 Å². The van der Waals surface area contributed by atoms with Gasteiger partial charge in [0.1, 0.15) is 18.1 Å². The molecule has 0 radical (unpaired) electrons. The molecule has 1 aliphatic heterocycles. The second-order valence-corrected chi connectivity index (χ2v) is 7.06. The topological polar surface area (TPSA) is 67.9 Å². The molecule has 1 heterocycles. The molecule has 3 rings (SSSR count). The second kappa shape index (κ2) is 9.09. The Labute approximate surface area is 176 Å². The number of halogens is 2. The standard InChI is InChI=1S/C21H20BrFN2O4/c1-3-25-20(26)17(24-21(25)27)9-14-10-18(28-4-2)19(11-16(14)22)29-12-13-6-5-7-15(23)8-13/h5-11H,3-4,12H2,1-2H3,(H,24,27)/b17-9+. The average Bonchev–Trinajstić information content (AvgIpc) is 2.95. The fraction of sp³-hybridized carbons (Fsp3) is 0.238. The van der Waals surface area contributed by atoms with Gasteiger partial charge in [-0.1, -0.05) is 28.1 Å². The molecular weight excluding hydrogens is 443 g/mol. The number of rotatable bonds is 7. The SMILES string of the molecule is CCOc1cc(/C=C2/NC(=O)N(CC)C2=O)c(Br)cc1OCc1cccc(F)c1. The summed E-state index contributed by atoms with van der Waals surface area (Å²) in [6.45, 7) is 4.45. The zero-order valence-electron chi connectivity index (χ0n) is 16.0. The second-order valence-electron chi connectivity index (χ2n) is 6.21. The predicted molar refractivity (Wildman–Crippen MR) is 110 cm³/mol. The summed E-state index contributed by atoms with van der Waals surface area (Å²) in [5, 5.41) is 2.57. The molecular formula is C21H20BrFN2O4. The first-order chi connectivity index (χ1) is 13.9. The minimum absolute atomic E-state index is 0.171. The molecule has 2 aromatic carbocycles. The summed E-state index contributed by atoms with van der Waals surface area (Å²) in [5.74, 6) is 0.239. The molecule has 1 saturated heterocycles. The lowest BCUT2D eigenvalue weighted by molar-refractivity contribution is -0.122. The highest BCUT2D eigenvalue weighted by molar-refractivity contribution is 9.10. The minimum Gasteiger partial charge on any atom is -0.490 e. The summed E-state index contributed by atoms with van der Waals surface area (Å²) >= 11 is 3.47. The van der Waals surface area contributed by atoms with Crippen molar-refractivity contribution in [1.29, 1.82) is 0 Å². The van der Waals surface area contributed by atoms with Crippen LogP contribution in [0.3, 0.4) is 0 Å². The maximum atomic E-state index is 13.4. The molecule has 6 nitrogen and oxygen atoms in total. The van der Waals surface area contributed by atoms with E-state index in [1.807, 2.05) is 6.92 Å². The molecule has 0 aliphatic carbocycles. The third-order valence-electron chi connectivity index (χ3n) is 4.22. The highest BCUT2D eigenvalue weighted by Gasteiger charge is 2.32. The summed E-state index contributed by atoms with van der Waals surface area (Å²) < 4.78 is 25.5. The zero-order chi connectivity index (χ0) is 21.0. The third kappa shape index (κ3) is 4.76. The van der Waals surface area contributed by atoms with Crippen LogP contribution >= 0.6 is 15.9 Å². The number of amides is 3. The van der Waals surface area contributed by atoms with Gasteiger partial charge in [0.25, 0.3) is 5.91 Å².